The van der Waals surface area contributed by atoms with Gasteiger partial charge in [-0.15, -0.1) is 0 Å². The van der Waals surface area contributed by atoms with Gasteiger partial charge in [0.05, 0.1) is 13.2 Å². The lowest BCUT2D eigenvalue weighted by molar-refractivity contribution is -0.117. The largest absolute Gasteiger partial charge is 0.385 e. The van der Waals surface area contributed by atoms with Crippen LogP contribution in [0.5, 0.6) is 0 Å². The van der Waals surface area contributed by atoms with E-state index in [0.717, 1.165) is 13.0 Å². The van der Waals surface area contributed by atoms with Crippen LogP contribution in [0.4, 0.5) is 10.1 Å². The summed E-state index contributed by atoms with van der Waals surface area (Å²) in [6.07, 6.45) is 0.840. The highest BCUT2D eigenvalue weighted by atomic mass is 19.1. The fourth-order valence-corrected chi connectivity index (χ4v) is 2.00. The van der Waals surface area contributed by atoms with Crippen molar-refractivity contribution in [1.82, 2.24) is 4.90 Å². The molecule has 0 spiro atoms. The lowest BCUT2D eigenvalue weighted by Crippen LogP contribution is -2.36. The molecule has 0 saturated carbocycles. The molecule has 6 heteroatoms. The number of methoxy groups -OCH3 is 2. The summed E-state index contributed by atoms with van der Waals surface area (Å²) in [5, 5.41) is 2.71. The van der Waals surface area contributed by atoms with Gasteiger partial charge >= 0.3 is 0 Å². The predicted octanol–water partition coefficient (Wildman–Crippen LogP) is 2.06. The minimum atomic E-state index is -0.325. The van der Waals surface area contributed by atoms with Crippen LogP contribution in [-0.2, 0) is 14.3 Å². The normalized spacial score (nSPS) is 11.0. The number of aryl methyl sites for hydroxylation is 1. The first-order valence-electron chi connectivity index (χ1n) is 7.33. The first-order valence-corrected chi connectivity index (χ1v) is 7.33. The van der Waals surface area contributed by atoms with E-state index in [4.69, 9.17) is 9.47 Å². The Bertz CT molecular complexity index is 469. The summed E-state index contributed by atoms with van der Waals surface area (Å²) >= 11 is 0. The van der Waals surface area contributed by atoms with E-state index in [1.807, 2.05) is 4.90 Å². The van der Waals surface area contributed by atoms with Crippen LogP contribution in [0.1, 0.15) is 12.0 Å². The van der Waals surface area contributed by atoms with Gasteiger partial charge in [-0.1, -0.05) is 6.07 Å². The Kier molecular flexibility index (Phi) is 8.65. The molecule has 22 heavy (non-hydrogen) atoms. The van der Waals surface area contributed by atoms with Gasteiger partial charge in [-0.3, -0.25) is 9.69 Å². The molecule has 0 atom stereocenters. The monoisotopic (exact) mass is 312 g/mol. The molecule has 1 aromatic carbocycles. The van der Waals surface area contributed by atoms with Crippen molar-refractivity contribution in [1.29, 1.82) is 0 Å². The van der Waals surface area contributed by atoms with E-state index in [2.05, 4.69) is 5.32 Å². The number of hydrogen-bond acceptors (Lipinski definition) is 4. The van der Waals surface area contributed by atoms with Crippen LogP contribution in [0.15, 0.2) is 18.2 Å². The van der Waals surface area contributed by atoms with Gasteiger partial charge in [0.1, 0.15) is 5.82 Å². The highest BCUT2D eigenvalue weighted by molar-refractivity contribution is 5.92. The molecule has 1 rings (SSSR count). The van der Waals surface area contributed by atoms with Crippen molar-refractivity contribution in [3.63, 3.8) is 0 Å². The van der Waals surface area contributed by atoms with E-state index in [1.54, 1.807) is 33.3 Å². The first kappa shape index (κ1) is 18.5. The van der Waals surface area contributed by atoms with Crippen LogP contribution >= 0.6 is 0 Å². The topological polar surface area (TPSA) is 50.8 Å². The van der Waals surface area contributed by atoms with Gasteiger partial charge in [0, 0.05) is 39.6 Å². The van der Waals surface area contributed by atoms with Gasteiger partial charge in [0.25, 0.3) is 0 Å². The maximum Gasteiger partial charge on any atom is 0.238 e. The number of nitrogens with zero attached hydrogens (tertiary/aromatic N) is 1. The average molecular weight is 312 g/mol. The fraction of sp³-hybridized carbons (Fsp3) is 0.562. The molecule has 1 aromatic rings. The van der Waals surface area contributed by atoms with Crippen LogP contribution in [0.3, 0.4) is 0 Å². The Hall–Kier alpha value is -1.50. The maximum absolute atomic E-state index is 13.5. The molecule has 0 aromatic heterocycles. The van der Waals surface area contributed by atoms with Crippen LogP contribution in [0, 0.1) is 12.7 Å². The number of benzene rings is 1. The van der Waals surface area contributed by atoms with E-state index >= 15 is 0 Å². The number of carbonyl (C=O) groups is 1. The van der Waals surface area contributed by atoms with E-state index in [-0.39, 0.29) is 18.3 Å². The third-order valence-corrected chi connectivity index (χ3v) is 3.26. The summed E-state index contributed by atoms with van der Waals surface area (Å²) in [7, 11) is 3.28. The number of nitrogens with one attached hydrogen (secondary N) is 1. The Labute approximate surface area is 131 Å². The smallest absolute Gasteiger partial charge is 0.238 e. The van der Waals surface area contributed by atoms with Gasteiger partial charge in [-0.05, 0) is 31.0 Å². The number of rotatable bonds is 10. The van der Waals surface area contributed by atoms with E-state index in [9.17, 15) is 9.18 Å². The Morgan fingerprint density at radius 1 is 1.23 bits per heavy atom. The lowest BCUT2D eigenvalue weighted by Gasteiger charge is -2.21. The summed E-state index contributed by atoms with van der Waals surface area (Å²) in [4.78, 5) is 14.1. The summed E-state index contributed by atoms with van der Waals surface area (Å²) in [5.41, 5.74) is 1.02. The molecule has 0 aliphatic rings. The molecule has 0 aliphatic carbocycles. The van der Waals surface area contributed by atoms with Gasteiger partial charge in [0.2, 0.25) is 5.91 Å². The molecule has 124 valence electrons. The number of anilines is 1. The zero-order chi connectivity index (χ0) is 16.4. The number of ether oxygens (including phenoxy) is 2. The second-order valence-corrected chi connectivity index (χ2v) is 5.13. The summed E-state index contributed by atoms with van der Waals surface area (Å²) in [6, 6.07) is 4.67. The molecule has 1 amide bonds. The second-order valence-electron chi connectivity index (χ2n) is 5.13. The van der Waals surface area contributed by atoms with Gasteiger partial charge in [-0.25, -0.2) is 4.39 Å². The molecule has 0 radical (unpaired) electrons. The molecule has 0 heterocycles. The maximum atomic E-state index is 13.5. The van der Waals surface area contributed by atoms with E-state index in [0.29, 0.717) is 31.0 Å². The van der Waals surface area contributed by atoms with Crippen molar-refractivity contribution in [3.8, 4) is 0 Å². The summed E-state index contributed by atoms with van der Waals surface area (Å²) in [5.74, 6) is -0.495. The lowest BCUT2D eigenvalue weighted by atomic mass is 10.2. The molecule has 0 aliphatic heterocycles. The Morgan fingerprint density at radius 3 is 2.59 bits per heavy atom. The fourth-order valence-electron chi connectivity index (χ4n) is 2.00. The van der Waals surface area contributed by atoms with Crippen LogP contribution in [0.2, 0.25) is 0 Å². The molecule has 5 nitrogen and oxygen atoms in total. The van der Waals surface area contributed by atoms with Crippen molar-refractivity contribution < 1.29 is 18.7 Å². The average Bonchev–Trinajstić information content (AvgIpc) is 2.48. The number of carbonyl (C=O) groups excluding carboxylic acids is 1. The summed E-state index contributed by atoms with van der Waals surface area (Å²) < 4.78 is 23.5. The standard InChI is InChI=1S/C16H25FN2O3/c1-13-5-6-14(11-15(13)17)18-16(20)12-19(8-10-22-3)7-4-9-21-2/h5-6,11H,4,7-10,12H2,1-3H3,(H,18,20). The van der Waals surface area contributed by atoms with Crippen LogP contribution in [-0.4, -0.2) is 57.9 Å². The quantitative estimate of drug-likeness (QED) is 0.672. The van der Waals surface area contributed by atoms with Crippen LogP contribution < -0.4 is 5.32 Å². The van der Waals surface area contributed by atoms with Crippen molar-refractivity contribution in [2.45, 2.75) is 13.3 Å². The van der Waals surface area contributed by atoms with E-state index < -0.39 is 0 Å². The number of halogens is 1. The van der Waals surface area contributed by atoms with Crippen molar-refractivity contribution in [2.24, 2.45) is 0 Å². The SMILES string of the molecule is COCCCN(CCOC)CC(=O)Nc1ccc(C)c(F)c1. The molecule has 0 bridgehead atoms. The molecule has 0 unspecified atom stereocenters. The molecule has 0 fully saturated rings. The van der Waals surface area contributed by atoms with Crippen LogP contribution in [0.25, 0.3) is 0 Å². The number of hydrogen-bond donors (Lipinski definition) is 1. The van der Waals surface area contributed by atoms with Crippen molar-refractivity contribution in [3.05, 3.63) is 29.6 Å². The highest BCUT2D eigenvalue weighted by Gasteiger charge is 2.11. The third-order valence-electron chi connectivity index (χ3n) is 3.26. The zero-order valence-corrected chi connectivity index (χ0v) is 13.5. The first-order chi connectivity index (χ1) is 10.6. The van der Waals surface area contributed by atoms with Gasteiger partial charge in [0.15, 0.2) is 0 Å². The molecule has 1 N–H and O–H groups in total. The molecular weight excluding hydrogens is 287 g/mol. The third kappa shape index (κ3) is 6.98. The second kappa shape index (κ2) is 10.3. The minimum absolute atomic E-state index is 0.170. The summed E-state index contributed by atoms with van der Waals surface area (Å²) in [6.45, 7) is 4.53. The predicted molar refractivity (Wildman–Crippen MR) is 84.6 cm³/mol. The Balaban J connectivity index is 2.51. The molecular formula is C16H25FN2O3. The van der Waals surface area contributed by atoms with Crippen molar-refractivity contribution >= 4 is 11.6 Å². The zero-order valence-electron chi connectivity index (χ0n) is 13.5. The van der Waals surface area contributed by atoms with Crippen molar-refractivity contribution in [2.75, 3.05) is 52.4 Å². The number of amides is 1. The van der Waals surface area contributed by atoms with Gasteiger partial charge < -0.3 is 14.8 Å². The minimum Gasteiger partial charge on any atom is -0.385 e. The van der Waals surface area contributed by atoms with E-state index in [1.165, 1.54) is 6.07 Å². The molecule has 0 saturated heterocycles. The highest BCUT2D eigenvalue weighted by Crippen LogP contribution is 2.13. The Morgan fingerprint density at radius 2 is 1.95 bits per heavy atom. The van der Waals surface area contributed by atoms with Gasteiger partial charge in [-0.2, -0.15) is 0 Å².